The minimum atomic E-state index is -0.634. The molecule has 0 unspecified atom stereocenters. The number of carbonyl (C=O) groups excluding carboxylic acids is 2. The molecule has 3 nitrogen and oxygen atoms in total. The Labute approximate surface area is 78.8 Å². The van der Waals surface area contributed by atoms with Gasteiger partial charge < -0.3 is 4.90 Å². The number of thiophene rings is 1. The molecule has 0 N–H and O–H groups in total. The van der Waals surface area contributed by atoms with Gasteiger partial charge in [0.05, 0.1) is 4.88 Å². The molecule has 0 spiro atoms. The van der Waals surface area contributed by atoms with Gasteiger partial charge in [-0.1, -0.05) is 0 Å². The molecule has 0 aromatic carbocycles. The van der Waals surface area contributed by atoms with Crippen molar-refractivity contribution in [2.75, 3.05) is 14.1 Å². The normalized spacial score (nSPS) is 9.77. The molecule has 0 aliphatic rings. The zero-order chi connectivity index (χ0) is 10.0. The van der Waals surface area contributed by atoms with E-state index in [1.54, 1.807) is 14.1 Å². The highest BCUT2D eigenvalue weighted by Crippen LogP contribution is 2.20. The lowest BCUT2D eigenvalue weighted by atomic mass is 10.4. The standard InChI is InChI=1S/C8H8FNO2S/c1-10(2)8(12)6-3-5(9)7(4-11)13-6/h3-4H,1-2H3. The predicted octanol–water partition coefficient (Wildman–Crippen LogP) is 1.40. The number of carbonyl (C=O) groups is 2. The van der Waals surface area contributed by atoms with Gasteiger partial charge >= 0.3 is 0 Å². The molecule has 1 amide bonds. The summed E-state index contributed by atoms with van der Waals surface area (Å²) in [7, 11) is 3.14. The Morgan fingerprint density at radius 2 is 2.23 bits per heavy atom. The van der Waals surface area contributed by atoms with Gasteiger partial charge in [-0.3, -0.25) is 9.59 Å². The van der Waals surface area contributed by atoms with Crippen molar-refractivity contribution in [2.24, 2.45) is 0 Å². The van der Waals surface area contributed by atoms with Crippen molar-refractivity contribution in [1.82, 2.24) is 4.90 Å². The third-order valence-electron chi connectivity index (χ3n) is 1.44. The molecule has 0 atom stereocenters. The zero-order valence-corrected chi connectivity index (χ0v) is 8.02. The van der Waals surface area contributed by atoms with E-state index in [1.165, 1.54) is 4.90 Å². The number of rotatable bonds is 2. The van der Waals surface area contributed by atoms with Gasteiger partial charge in [-0.2, -0.15) is 0 Å². The van der Waals surface area contributed by atoms with E-state index in [-0.39, 0.29) is 15.7 Å². The maximum Gasteiger partial charge on any atom is 0.263 e. The Balaban J connectivity index is 3.03. The molecule has 1 aromatic heterocycles. The van der Waals surface area contributed by atoms with Gasteiger partial charge in [0.15, 0.2) is 6.29 Å². The lowest BCUT2D eigenvalue weighted by molar-refractivity contribution is 0.0832. The van der Waals surface area contributed by atoms with E-state index < -0.39 is 5.82 Å². The second-order valence-electron chi connectivity index (χ2n) is 2.64. The fraction of sp³-hybridized carbons (Fsp3) is 0.250. The SMILES string of the molecule is CN(C)C(=O)c1cc(F)c(C=O)s1. The molecule has 0 aliphatic heterocycles. The van der Waals surface area contributed by atoms with Crippen LogP contribution in [0.1, 0.15) is 19.3 Å². The monoisotopic (exact) mass is 201 g/mol. The summed E-state index contributed by atoms with van der Waals surface area (Å²) in [5.74, 6) is -0.929. The van der Waals surface area contributed by atoms with Crippen molar-refractivity contribution in [3.8, 4) is 0 Å². The summed E-state index contributed by atoms with van der Waals surface area (Å²) in [5, 5.41) is 0. The fourth-order valence-electron chi connectivity index (χ4n) is 0.789. The van der Waals surface area contributed by atoms with Crippen LogP contribution in [0.15, 0.2) is 6.07 Å². The summed E-state index contributed by atoms with van der Waals surface area (Å²) in [6.45, 7) is 0. The summed E-state index contributed by atoms with van der Waals surface area (Å²) in [5.41, 5.74) is 0. The Bertz CT molecular complexity index is 346. The molecule has 1 rings (SSSR count). The number of hydrogen-bond acceptors (Lipinski definition) is 3. The van der Waals surface area contributed by atoms with Gasteiger partial charge in [-0.05, 0) is 6.07 Å². The van der Waals surface area contributed by atoms with Crippen LogP contribution >= 0.6 is 11.3 Å². The van der Waals surface area contributed by atoms with Gasteiger partial charge in [0.25, 0.3) is 5.91 Å². The number of halogens is 1. The van der Waals surface area contributed by atoms with Crippen LogP contribution < -0.4 is 0 Å². The Morgan fingerprint density at radius 1 is 1.62 bits per heavy atom. The van der Waals surface area contributed by atoms with Crippen LogP contribution in [0.4, 0.5) is 4.39 Å². The lowest BCUT2D eigenvalue weighted by Gasteiger charge is -2.06. The minimum absolute atomic E-state index is 0.0369. The smallest absolute Gasteiger partial charge is 0.263 e. The molecule has 0 fully saturated rings. The van der Waals surface area contributed by atoms with Gasteiger partial charge in [0.1, 0.15) is 10.7 Å². The molecule has 13 heavy (non-hydrogen) atoms. The van der Waals surface area contributed by atoms with Crippen LogP contribution in [-0.2, 0) is 0 Å². The first-order chi connectivity index (χ1) is 6.06. The second kappa shape index (κ2) is 3.66. The second-order valence-corrected chi connectivity index (χ2v) is 3.72. The average molecular weight is 201 g/mol. The topological polar surface area (TPSA) is 37.4 Å². The molecule has 0 radical (unpaired) electrons. The molecule has 1 aromatic rings. The summed E-state index contributed by atoms with van der Waals surface area (Å²) in [4.78, 5) is 23.1. The van der Waals surface area contributed by atoms with E-state index in [9.17, 15) is 14.0 Å². The van der Waals surface area contributed by atoms with E-state index in [0.717, 1.165) is 17.4 Å². The predicted molar refractivity (Wildman–Crippen MR) is 47.7 cm³/mol. The quantitative estimate of drug-likeness (QED) is 0.678. The van der Waals surface area contributed by atoms with Crippen molar-refractivity contribution in [1.29, 1.82) is 0 Å². The van der Waals surface area contributed by atoms with Crippen LogP contribution in [0.5, 0.6) is 0 Å². The van der Waals surface area contributed by atoms with E-state index >= 15 is 0 Å². The van der Waals surface area contributed by atoms with Crippen LogP contribution in [0.2, 0.25) is 0 Å². The van der Waals surface area contributed by atoms with Gasteiger partial charge in [-0.15, -0.1) is 11.3 Å². The van der Waals surface area contributed by atoms with Crippen molar-refractivity contribution in [2.45, 2.75) is 0 Å². The summed E-state index contributed by atoms with van der Waals surface area (Å²) < 4.78 is 12.8. The molecule has 0 saturated carbocycles. The molecule has 0 bridgehead atoms. The van der Waals surface area contributed by atoms with E-state index in [1.807, 2.05) is 0 Å². The van der Waals surface area contributed by atoms with Crippen molar-refractivity contribution in [3.63, 3.8) is 0 Å². The van der Waals surface area contributed by atoms with Crippen LogP contribution in [0.3, 0.4) is 0 Å². The van der Waals surface area contributed by atoms with Gasteiger partial charge in [-0.25, -0.2) is 4.39 Å². The number of amides is 1. The minimum Gasteiger partial charge on any atom is -0.344 e. The van der Waals surface area contributed by atoms with Gasteiger partial charge in [0.2, 0.25) is 0 Å². The van der Waals surface area contributed by atoms with Gasteiger partial charge in [0, 0.05) is 14.1 Å². The van der Waals surface area contributed by atoms with Crippen LogP contribution in [-0.4, -0.2) is 31.2 Å². The van der Waals surface area contributed by atoms with E-state index in [0.29, 0.717) is 6.29 Å². The van der Waals surface area contributed by atoms with Crippen LogP contribution in [0, 0.1) is 5.82 Å². The maximum absolute atomic E-state index is 12.8. The molecule has 1 heterocycles. The highest BCUT2D eigenvalue weighted by molar-refractivity contribution is 7.15. The average Bonchev–Trinajstić information content (AvgIpc) is 2.45. The van der Waals surface area contributed by atoms with Crippen molar-refractivity contribution in [3.05, 3.63) is 21.6 Å². The Kier molecular flexibility index (Phi) is 2.77. The first kappa shape index (κ1) is 9.85. The third kappa shape index (κ3) is 1.92. The molecule has 0 aliphatic carbocycles. The van der Waals surface area contributed by atoms with Crippen molar-refractivity contribution >= 4 is 23.5 Å². The van der Waals surface area contributed by atoms with Crippen molar-refractivity contribution < 1.29 is 14.0 Å². The zero-order valence-electron chi connectivity index (χ0n) is 7.20. The Hall–Kier alpha value is -1.23. The third-order valence-corrected chi connectivity index (χ3v) is 2.46. The molecule has 0 saturated heterocycles. The fourth-order valence-corrected chi connectivity index (χ4v) is 1.66. The summed E-state index contributed by atoms with van der Waals surface area (Å²) in [6.07, 6.45) is 0.409. The summed E-state index contributed by atoms with van der Waals surface area (Å²) in [6, 6.07) is 1.08. The lowest BCUT2D eigenvalue weighted by Crippen LogP contribution is -2.20. The number of nitrogens with zero attached hydrogens (tertiary/aromatic N) is 1. The first-order valence-corrected chi connectivity index (χ1v) is 4.34. The van der Waals surface area contributed by atoms with E-state index in [2.05, 4.69) is 0 Å². The largest absolute Gasteiger partial charge is 0.344 e. The number of aldehydes is 1. The Morgan fingerprint density at radius 3 is 2.62 bits per heavy atom. The molecular formula is C8H8FNO2S. The maximum atomic E-state index is 12.8. The first-order valence-electron chi connectivity index (χ1n) is 3.52. The highest BCUT2D eigenvalue weighted by Gasteiger charge is 2.15. The highest BCUT2D eigenvalue weighted by atomic mass is 32.1. The van der Waals surface area contributed by atoms with E-state index in [4.69, 9.17) is 0 Å². The number of hydrogen-bond donors (Lipinski definition) is 0. The summed E-state index contributed by atoms with van der Waals surface area (Å²) >= 11 is 0.862. The molecule has 5 heteroatoms. The molecular weight excluding hydrogens is 193 g/mol. The van der Waals surface area contributed by atoms with Crippen LogP contribution in [0.25, 0.3) is 0 Å². The molecule has 70 valence electrons.